The maximum Gasteiger partial charge on any atom is 0.411 e. The van der Waals surface area contributed by atoms with Gasteiger partial charge in [-0.05, 0) is 46.1 Å². The smallest absolute Gasteiger partial charge is 0.411 e. The number of ether oxygens (including phenoxy) is 2. The zero-order valence-electron chi connectivity index (χ0n) is 16.7. The van der Waals surface area contributed by atoms with Crippen LogP contribution in [-0.4, -0.2) is 52.8 Å². The van der Waals surface area contributed by atoms with E-state index in [1.165, 1.54) is 0 Å². The Morgan fingerprint density at radius 2 is 1.89 bits per heavy atom. The summed E-state index contributed by atoms with van der Waals surface area (Å²) in [5.41, 5.74) is 0.0650. The first-order valence-electron chi connectivity index (χ1n) is 9.72. The van der Waals surface area contributed by atoms with Gasteiger partial charge in [0.15, 0.2) is 0 Å². The van der Waals surface area contributed by atoms with Gasteiger partial charge in [0.2, 0.25) is 0 Å². The molecule has 2 heterocycles. The molecule has 2 atom stereocenters. The van der Waals surface area contributed by atoms with E-state index in [2.05, 4.69) is 0 Å². The molecular formula is C21H30N2O4. The van der Waals surface area contributed by atoms with Crippen molar-refractivity contribution in [2.45, 2.75) is 64.2 Å². The topological polar surface area (TPSA) is 59.1 Å². The molecule has 0 aromatic heterocycles. The number of rotatable bonds is 2. The van der Waals surface area contributed by atoms with Crippen molar-refractivity contribution in [3.05, 3.63) is 35.9 Å². The summed E-state index contributed by atoms with van der Waals surface area (Å²) < 4.78 is 11.4. The van der Waals surface area contributed by atoms with Gasteiger partial charge in [-0.2, -0.15) is 0 Å². The molecule has 0 saturated carbocycles. The van der Waals surface area contributed by atoms with Gasteiger partial charge < -0.3 is 14.4 Å². The van der Waals surface area contributed by atoms with E-state index in [9.17, 15) is 9.59 Å². The van der Waals surface area contributed by atoms with Crippen molar-refractivity contribution >= 4 is 12.2 Å². The molecule has 27 heavy (non-hydrogen) atoms. The van der Waals surface area contributed by atoms with Gasteiger partial charge in [0.05, 0.1) is 12.6 Å². The molecule has 2 fully saturated rings. The molecule has 0 N–H and O–H groups in total. The Labute approximate surface area is 161 Å². The van der Waals surface area contributed by atoms with Gasteiger partial charge in [-0.1, -0.05) is 30.3 Å². The van der Waals surface area contributed by atoms with E-state index in [1.807, 2.05) is 58.0 Å². The van der Waals surface area contributed by atoms with E-state index in [1.54, 1.807) is 9.80 Å². The minimum absolute atomic E-state index is 0.0386. The van der Waals surface area contributed by atoms with Crippen LogP contribution in [0.2, 0.25) is 0 Å². The van der Waals surface area contributed by atoms with Crippen LogP contribution in [0, 0.1) is 0 Å². The molecule has 0 radical (unpaired) electrons. The molecule has 2 aliphatic rings. The van der Waals surface area contributed by atoms with Crippen LogP contribution in [0.3, 0.4) is 0 Å². The molecule has 6 nitrogen and oxygen atoms in total. The standard InChI is InChI=1S/C21H30N2O4/c1-16(17-9-6-5-7-10-17)23-15-21(27-19(23)25)11-8-13-22(14-12-21)18(24)26-20(2,3)4/h5-7,9-10,16H,8,11-15H2,1-4H3/t16-,21?/m0/s1. The van der Waals surface area contributed by atoms with Crippen molar-refractivity contribution < 1.29 is 19.1 Å². The lowest BCUT2D eigenvalue weighted by atomic mass is 9.94. The fraction of sp³-hybridized carbons (Fsp3) is 0.619. The number of hydrogen-bond donors (Lipinski definition) is 0. The number of carbonyl (C=O) groups is 2. The first-order chi connectivity index (χ1) is 12.7. The van der Waals surface area contributed by atoms with E-state index in [0.717, 1.165) is 18.4 Å². The number of nitrogens with zero attached hydrogens (tertiary/aromatic N) is 2. The Bertz CT molecular complexity index is 685. The molecule has 1 aromatic carbocycles. The summed E-state index contributed by atoms with van der Waals surface area (Å²) in [5, 5.41) is 0. The second-order valence-corrected chi connectivity index (χ2v) is 8.59. The molecular weight excluding hydrogens is 344 g/mol. The van der Waals surface area contributed by atoms with Crippen molar-refractivity contribution in [3.8, 4) is 0 Å². The average Bonchev–Trinajstić information content (AvgIpc) is 2.79. The summed E-state index contributed by atoms with van der Waals surface area (Å²) >= 11 is 0. The van der Waals surface area contributed by atoms with Crippen LogP contribution >= 0.6 is 0 Å². The second kappa shape index (κ2) is 7.41. The van der Waals surface area contributed by atoms with Gasteiger partial charge in [-0.3, -0.25) is 4.90 Å². The van der Waals surface area contributed by atoms with Crippen LogP contribution in [-0.2, 0) is 9.47 Å². The number of hydrogen-bond acceptors (Lipinski definition) is 4. The van der Waals surface area contributed by atoms with E-state index in [0.29, 0.717) is 26.1 Å². The van der Waals surface area contributed by atoms with Gasteiger partial charge in [0, 0.05) is 19.5 Å². The maximum absolute atomic E-state index is 12.6. The van der Waals surface area contributed by atoms with E-state index in [-0.39, 0.29) is 18.2 Å². The Kier molecular flexibility index (Phi) is 5.36. The zero-order valence-corrected chi connectivity index (χ0v) is 16.7. The lowest BCUT2D eigenvalue weighted by Crippen LogP contribution is -2.39. The van der Waals surface area contributed by atoms with Crippen molar-refractivity contribution in [2.24, 2.45) is 0 Å². The Hall–Kier alpha value is -2.24. The highest BCUT2D eigenvalue weighted by Crippen LogP contribution is 2.37. The first-order valence-corrected chi connectivity index (χ1v) is 9.72. The molecule has 2 aliphatic heterocycles. The van der Waals surface area contributed by atoms with Gasteiger partial charge in [0.1, 0.15) is 11.2 Å². The predicted octanol–water partition coefficient (Wildman–Crippen LogP) is 4.36. The number of amides is 2. The highest BCUT2D eigenvalue weighted by atomic mass is 16.6. The van der Waals surface area contributed by atoms with E-state index < -0.39 is 11.2 Å². The summed E-state index contributed by atoms with van der Waals surface area (Å²) in [5.74, 6) is 0. The van der Waals surface area contributed by atoms with Gasteiger partial charge in [0.25, 0.3) is 0 Å². The quantitative estimate of drug-likeness (QED) is 0.772. The molecule has 0 aliphatic carbocycles. The highest BCUT2D eigenvalue weighted by Gasteiger charge is 2.47. The van der Waals surface area contributed by atoms with Gasteiger partial charge in [-0.15, -0.1) is 0 Å². The lowest BCUT2D eigenvalue weighted by molar-refractivity contribution is 0.0217. The second-order valence-electron chi connectivity index (χ2n) is 8.59. The van der Waals surface area contributed by atoms with Crippen molar-refractivity contribution in [2.75, 3.05) is 19.6 Å². The molecule has 3 rings (SSSR count). The molecule has 148 valence electrons. The van der Waals surface area contributed by atoms with Gasteiger partial charge in [-0.25, -0.2) is 9.59 Å². The number of benzene rings is 1. The summed E-state index contributed by atoms with van der Waals surface area (Å²) in [6.07, 6.45) is 1.63. The summed E-state index contributed by atoms with van der Waals surface area (Å²) in [7, 11) is 0. The fourth-order valence-electron chi connectivity index (χ4n) is 3.79. The van der Waals surface area contributed by atoms with Crippen LogP contribution in [0.25, 0.3) is 0 Å². The summed E-state index contributed by atoms with van der Waals surface area (Å²) in [6.45, 7) is 9.35. The van der Waals surface area contributed by atoms with Crippen molar-refractivity contribution in [3.63, 3.8) is 0 Å². The van der Waals surface area contributed by atoms with E-state index >= 15 is 0 Å². The Balaban J connectivity index is 1.66. The molecule has 6 heteroatoms. The molecule has 0 bridgehead atoms. The lowest BCUT2D eigenvalue weighted by Gasteiger charge is -2.28. The van der Waals surface area contributed by atoms with Crippen LogP contribution in [0.4, 0.5) is 9.59 Å². The first kappa shape index (κ1) is 19.5. The summed E-state index contributed by atoms with van der Waals surface area (Å²) in [4.78, 5) is 28.5. The van der Waals surface area contributed by atoms with E-state index in [4.69, 9.17) is 9.47 Å². The van der Waals surface area contributed by atoms with Crippen LogP contribution in [0.15, 0.2) is 30.3 Å². The Morgan fingerprint density at radius 1 is 1.19 bits per heavy atom. The molecule has 1 aromatic rings. The normalized spacial score (nSPS) is 24.5. The van der Waals surface area contributed by atoms with Crippen LogP contribution in [0.5, 0.6) is 0 Å². The monoisotopic (exact) mass is 374 g/mol. The molecule has 1 unspecified atom stereocenters. The Morgan fingerprint density at radius 3 is 2.56 bits per heavy atom. The molecule has 1 spiro atoms. The molecule has 2 amide bonds. The maximum atomic E-state index is 12.6. The van der Waals surface area contributed by atoms with Crippen LogP contribution < -0.4 is 0 Å². The minimum atomic E-state index is -0.517. The average molecular weight is 374 g/mol. The minimum Gasteiger partial charge on any atom is -0.444 e. The molecule has 2 saturated heterocycles. The number of carbonyl (C=O) groups excluding carboxylic acids is 2. The van der Waals surface area contributed by atoms with Crippen LogP contribution in [0.1, 0.15) is 58.6 Å². The zero-order chi connectivity index (χ0) is 19.7. The number of likely N-dealkylation sites (tertiary alicyclic amines) is 1. The van der Waals surface area contributed by atoms with Crippen molar-refractivity contribution in [1.29, 1.82) is 0 Å². The predicted molar refractivity (Wildman–Crippen MR) is 102 cm³/mol. The largest absolute Gasteiger partial charge is 0.444 e. The van der Waals surface area contributed by atoms with Gasteiger partial charge >= 0.3 is 12.2 Å². The highest BCUT2D eigenvalue weighted by molar-refractivity contribution is 5.71. The van der Waals surface area contributed by atoms with Crippen molar-refractivity contribution in [1.82, 2.24) is 9.80 Å². The third-order valence-electron chi connectivity index (χ3n) is 5.30. The summed E-state index contributed by atoms with van der Waals surface area (Å²) in [6, 6.07) is 9.95. The third-order valence-corrected chi connectivity index (χ3v) is 5.30. The third kappa shape index (κ3) is 4.54. The fourth-order valence-corrected chi connectivity index (χ4v) is 3.79. The SMILES string of the molecule is C[C@@H](c1ccccc1)N1CC2(CCCN(C(=O)OC(C)(C)C)CC2)OC1=O.